The van der Waals surface area contributed by atoms with Crippen molar-refractivity contribution in [1.29, 1.82) is 0 Å². The molecule has 0 fully saturated rings. The molecule has 1 aromatic heterocycles. The highest BCUT2D eigenvalue weighted by Gasteiger charge is 2.05. The van der Waals surface area contributed by atoms with Crippen LogP contribution in [0, 0.1) is 13.8 Å². The van der Waals surface area contributed by atoms with Crippen molar-refractivity contribution in [2.45, 2.75) is 20.3 Å². The summed E-state index contributed by atoms with van der Waals surface area (Å²) < 4.78 is 0. The Morgan fingerprint density at radius 1 is 1.25 bits per heavy atom. The number of rotatable bonds is 3. The molecule has 0 aliphatic heterocycles. The molecule has 0 aliphatic carbocycles. The van der Waals surface area contributed by atoms with Gasteiger partial charge in [-0.15, -0.1) is 11.3 Å². The van der Waals surface area contributed by atoms with Crippen LogP contribution >= 0.6 is 11.3 Å². The third kappa shape index (κ3) is 2.31. The zero-order valence-electron chi connectivity index (χ0n) is 9.53. The summed E-state index contributed by atoms with van der Waals surface area (Å²) in [5.41, 5.74) is 3.75. The Labute approximate surface area is 99.6 Å². The van der Waals surface area contributed by atoms with Gasteiger partial charge in [-0.1, -0.05) is 12.1 Å². The Kier molecular flexibility index (Phi) is 3.36. The minimum Gasteiger partial charge on any atom is -0.396 e. The number of thiazole rings is 1. The van der Waals surface area contributed by atoms with Crippen molar-refractivity contribution in [3.8, 4) is 10.6 Å². The highest BCUT2D eigenvalue weighted by molar-refractivity contribution is 7.15. The molecule has 1 aromatic carbocycles. The fraction of sp³-hybridized carbons (Fsp3) is 0.308. The van der Waals surface area contributed by atoms with Crippen LogP contribution in [0.4, 0.5) is 0 Å². The number of hydrogen-bond donors (Lipinski definition) is 1. The third-order valence-electron chi connectivity index (χ3n) is 2.67. The van der Waals surface area contributed by atoms with Crippen LogP contribution in [-0.2, 0) is 6.42 Å². The van der Waals surface area contributed by atoms with E-state index in [9.17, 15) is 0 Å². The molecule has 16 heavy (non-hydrogen) atoms. The van der Waals surface area contributed by atoms with E-state index in [1.807, 2.05) is 6.20 Å². The molecule has 0 unspecified atom stereocenters. The molecule has 1 heterocycles. The number of aryl methyl sites for hydroxylation is 2. The molecule has 2 rings (SSSR count). The topological polar surface area (TPSA) is 33.1 Å². The average molecular weight is 233 g/mol. The Balaban J connectivity index is 2.31. The van der Waals surface area contributed by atoms with Gasteiger partial charge in [0.1, 0.15) is 5.01 Å². The van der Waals surface area contributed by atoms with Gasteiger partial charge in [-0.05, 0) is 31.0 Å². The molecular weight excluding hydrogens is 218 g/mol. The predicted octanol–water partition coefficient (Wildman–Crippen LogP) is 2.96. The predicted molar refractivity (Wildman–Crippen MR) is 67.8 cm³/mol. The number of aliphatic hydroxyl groups is 1. The lowest BCUT2D eigenvalue weighted by atomic mass is 10.1. The Bertz CT molecular complexity index is 490. The summed E-state index contributed by atoms with van der Waals surface area (Å²) in [5.74, 6) is 0. The monoisotopic (exact) mass is 233 g/mol. The number of benzene rings is 1. The number of aliphatic hydroxyl groups excluding tert-OH is 1. The van der Waals surface area contributed by atoms with E-state index in [1.54, 1.807) is 11.3 Å². The summed E-state index contributed by atoms with van der Waals surface area (Å²) in [4.78, 5) is 5.52. The largest absolute Gasteiger partial charge is 0.396 e. The van der Waals surface area contributed by atoms with Gasteiger partial charge in [-0.3, -0.25) is 0 Å². The highest BCUT2D eigenvalue weighted by Crippen LogP contribution is 2.26. The summed E-state index contributed by atoms with van der Waals surface area (Å²) in [6, 6.07) is 6.39. The second-order valence-corrected chi connectivity index (χ2v) is 5.02. The van der Waals surface area contributed by atoms with Gasteiger partial charge in [0, 0.05) is 29.7 Å². The molecule has 0 radical (unpaired) electrons. The van der Waals surface area contributed by atoms with Crippen LogP contribution in [0.3, 0.4) is 0 Å². The molecule has 2 nitrogen and oxygen atoms in total. The maximum absolute atomic E-state index is 8.86. The molecule has 84 valence electrons. The maximum Gasteiger partial charge on any atom is 0.123 e. The minimum atomic E-state index is 0.189. The quantitative estimate of drug-likeness (QED) is 0.884. The van der Waals surface area contributed by atoms with Crippen LogP contribution in [0.1, 0.15) is 16.0 Å². The summed E-state index contributed by atoms with van der Waals surface area (Å²) in [6.07, 6.45) is 2.55. The first-order chi connectivity index (χ1) is 7.70. The number of aromatic nitrogens is 1. The highest BCUT2D eigenvalue weighted by atomic mass is 32.1. The van der Waals surface area contributed by atoms with E-state index in [-0.39, 0.29) is 6.61 Å². The summed E-state index contributed by atoms with van der Waals surface area (Å²) >= 11 is 1.65. The first kappa shape index (κ1) is 11.3. The van der Waals surface area contributed by atoms with Gasteiger partial charge in [0.25, 0.3) is 0 Å². The van der Waals surface area contributed by atoms with Gasteiger partial charge >= 0.3 is 0 Å². The Hall–Kier alpha value is -1.19. The van der Waals surface area contributed by atoms with E-state index in [4.69, 9.17) is 5.11 Å². The van der Waals surface area contributed by atoms with Crippen molar-refractivity contribution in [2.24, 2.45) is 0 Å². The van der Waals surface area contributed by atoms with Crippen LogP contribution in [-0.4, -0.2) is 16.7 Å². The van der Waals surface area contributed by atoms with Crippen molar-refractivity contribution >= 4 is 11.3 Å². The first-order valence-electron chi connectivity index (χ1n) is 5.34. The van der Waals surface area contributed by atoms with Gasteiger partial charge in [-0.2, -0.15) is 0 Å². The molecule has 0 saturated heterocycles. The van der Waals surface area contributed by atoms with Crippen molar-refractivity contribution in [1.82, 2.24) is 4.98 Å². The van der Waals surface area contributed by atoms with Gasteiger partial charge in [-0.25, -0.2) is 4.98 Å². The van der Waals surface area contributed by atoms with Crippen LogP contribution < -0.4 is 0 Å². The summed E-state index contributed by atoms with van der Waals surface area (Å²) in [5, 5.41) is 9.89. The molecule has 0 aliphatic rings. The normalized spacial score (nSPS) is 10.7. The first-order valence-corrected chi connectivity index (χ1v) is 6.15. The minimum absolute atomic E-state index is 0.189. The second kappa shape index (κ2) is 4.76. The standard InChI is InChI=1S/C13H15NOS/c1-9-3-4-11(7-10(9)2)13-14-8-12(16-13)5-6-15/h3-4,7-8,15H,5-6H2,1-2H3. The van der Waals surface area contributed by atoms with E-state index < -0.39 is 0 Å². The maximum atomic E-state index is 8.86. The fourth-order valence-corrected chi connectivity index (χ4v) is 2.44. The molecule has 0 bridgehead atoms. The molecule has 0 atom stereocenters. The van der Waals surface area contributed by atoms with Gasteiger partial charge < -0.3 is 5.11 Å². The van der Waals surface area contributed by atoms with Crippen LogP contribution in [0.15, 0.2) is 24.4 Å². The zero-order valence-corrected chi connectivity index (χ0v) is 10.3. The van der Waals surface area contributed by atoms with Crippen molar-refractivity contribution in [3.05, 3.63) is 40.4 Å². The number of nitrogens with zero attached hydrogens (tertiary/aromatic N) is 1. The lowest BCUT2D eigenvalue weighted by Gasteiger charge is -2.01. The van der Waals surface area contributed by atoms with Crippen molar-refractivity contribution in [2.75, 3.05) is 6.61 Å². The Morgan fingerprint density at radius 2 is 2.06 bits per heavy atom. The molecule has 2 aromatic rings. The molecule has 0 saturated carbocycles. The van der Waals surface area contributed by atoms with Crippen LogP contribution in [0.25, 0.3) is 10.6 Å². The smallest absolute Gasteiger partial charge is 0.123 e. The zero-order chi connectivity index (χ0) is 11.5. The van der Waals surface area contributed by atoms with E-state index in [0.29, 0.717) is 6.42 Å². The summed E-state index contributed by atoms with van der Waals surface area (Å²) in [7, 11) is 0. The van der Waals surface area contributed by atoms with Gasteiger partial charge in [0.2, 0.25) is 0 Å². The van der Waals surface area contributed by atoms with Gasteiger partial charge in [0.05, 0.1) is 0 Å². The Morgan fingerprint density at radius 3 is 2.75 bits per heavy atom. The lowest BCUT2D eigenvalue weighted by Crippen LogP contribution is -1.84. The van der Waals surface area contributed by atoms with Gasteiger partial charge in [0.15, 0.2) is 0 Å². The van der Waals surface area contributed by atoms with Crippen molar-refractivity contribution < 1.29 is 5.11 Å². The van der Waals surface area contributed by atoms with E-state index in [2.05, 4.69) is 37.0 Å². The third-order valence-corrected chi connectivity index (χ3v) is 3.77. The van der Waals surface area contributed by atoms with E-state index in [1.165, 1.54) is 11.1 Å². The molecular formula is C13H15NOS. The van der Waals surface area contributed by atoms with Crippen LogP contribution in [0.2, 0.25) is 0 Å². The average Bonchev–Trinajstić information content (AvgIpc) is 2.71. The van der Waals surface area contributed by atoms with Crippen LogP contribution in [0.5, 0.6) is 0 Å². The second-order valence-electron chi connectivity index (χ2n) is 3.90. The van der Waals surface area contributed by atoms with Crippen molar-refractivity contribution in [3.63, 3.8) is 0 Å². The fourth-order valence-electron chi connectivity index (χ4n) is 1.54. The molecule has 0 amide bonds. The van der Waals surface area contributed by atoms with E-state index >= 15 is 0 Å². The molecule has 0 spiro atoms. The number of hydrogen-bond acceptors (Lipinski definition) is 3. The molecule has 3 heteroatoms. The SMILES string of the molecule is Cc1ccc(-c2ncc(CCO)s2)cc1C. The lowest BCUT2D eigenvalue weighted by molar-refractivity contribution is 0.300. The van der Waals surface area contributed by atoms with E-state index in [0.717, 1.165) is 15.4 Å². The molecule has 1 N–H and O–H groups in total. The summed E-state index contributed by atoms with van der Waals surface area (Å²) in [6.45, 7) is 4.41.